The summed E-state index contributed by atoms with van der Waals surface area (Å²) < 4.78 is 0.487. The third kappa shape index (κ3) is 2.34. The Balaban J connectivity index is 2.33. The summed E-state index contributed by atoms with van der Waals surface area (Å²) >= 11 is 0. The molecule has 0 aliphatic heterocycles. The zero-order valence-electron chi connectivity index (χ0n) is 9.48. The van der Waals surface area contributed by atoms with Crippen LogP contribution in [0.2, 0.25) is 0 Å². The lowest BCUT2D eigenvalue weighted by Gasteiger charge is -2.08. The molecule has 3 N–H and O–H groups in total. The Labute approximate surface area is 106 Å². The maximum absolute atomic E-state index is 11.8. The minimum absolute atomic E-state index is 0.192. The normalized spacial score (nSPS) is 10.1. The molecule has 7 nitrogen and oxygen atoms in total. The van der Waals surface area contributed by atoms with Crippen molar-refractivity contribution in [2.24, 2.45) is 0 Å². The number of carboxylic acids is 1. The molecule has 2 aromatic rings. The quantitative estimate of drug-likeness (QED) is 0.758. The second kappa shape index (κ2) is 4.73. The molecule has 0 radical (unpaired) electrons. The predicted octanol–water partition coefficient (Wildman–Crippen LogP) is 0.866. The molecule has 7 heteroatoms. The highest BCUT2D eigenvalue weighted by Crippen LogP contribution is 2.19. The average molecular weight is 263 g/mol. The van der Waals surface area contributed by atoms with E-state index in [1.807, 2.05) is 0 Å². The minimum Gasteiger partial charge on any atom is -0.492 e. The molecule has 2 rings (SSSR count). The first kappa shape index (κ1) is 12.5. The van der Waals surface area contributed by atoms with Gasteiger partial charge in [0.05, 0.1) is 11.1 Å². The predicted molar refractivity (Wildman–Crippen MR) is 62.1 cm³/mol. The zero-order chi connectivity index (χ0) is 14.0. The number of benzene rings is 1. The molecule has 0 atom stereocenters. The van der Waals surface area contributed by atoms with Gasteiger partial charge >= 0.3 is 11.9 Å². The highest BCUT2D eigenvalue weighted by atomic mass is 16.7. The second-order valence-corrected chi connectivity index (χ2v) is 3.57. The Morgan fingerprint density at radius 1 is 0.947 bits per heavy atom. The van der Waals surface area contributed by atoms with Gasteiger partial charge in [-0.05, 0) is 12.1 Å². The van der Waals surface area contributed by atoms with E-state index in [1.54, 1.807) is 0 Å². The van der Waals surface area contributed by atoms with Crippen molar-refractivity contribution in [1.29, 1.82) is 0 Å². The molecule has 0 unspecified atom stereocenters. The van der Waals surface area contributed by atoms with E-state index < -0.39 is 23.7 Å². The number of carboxylic acid groups (broad SMARTS) is 1. The van der Waals surface area contributed by atoms with Crippen molar-refractivity contribution in [3.63, 3.8) is 0 Å². The standard InChI is InChI=1S/C12H9NO6/c14-9-5-6-10(15)13(9)19-12(18)8-4-2-1-3-7(8)11(16)17/h1-6,14-15H,(H,16,17). The van der Waals surface area contributed by atoms with Gasteiger partial charge in [0, 0.05) is 12.1 Å². The topological polar surface area (TPSA) is 109 Å². The van der Waals surface area contributed by atoms with E-state index in [4.69, 9.17) is 9.94 Å². The van der Waals surface area contributed by atoms with Crippen molar-refractivity contribution in [3.05, 3.63) is 47.5 Å². The average Bonchev–Trinajstić information content (AvgIpc) is 2.70. The van der Waals surface area contributed by atoms with Gasteiger partial charge < -0.3 is 20.2 Å². The van der Waals surface area contributed by atoms with E-state index >= 15 is 0 Å². The van der Waals surface area contributed by atoms with Crippen LogP contribution in [0.5, 0.6) is 11.8 Å². The number of carbonyl (C=O) groups excluding carboxylic acids is 1. The Morgan fingerprint density at radius 3 is 2.00 bits per heavy atom. The summed E-state index contributed by atoms with van der Waals surface area (Å²) in [6, 6.07) is 7.68. The number of hydrogen-bond donors (Lipinski definition) is 3. The van der Waals surface area contributed by atoms with Gasteiger partial charge in [0.15, 0.2) is 0 Å². The smallest absolute Gasteiger partial charge is 0.364 e. The fourth-order valence-corrected chi connectivity index (χ4v) is 1.48. The van der Waals surface area contributed by atoms with Gasteiger partial charge in [-0.1, -0.05) is 12.1 Å². The molecule has 98 valence electrons. The molecule has 0 bridgehead atoms. The van der Waals surface area contributed by atoms with Gasteiger partial charge in [-0.3, -0.25) is 0 Å². The first-order valence-electron chi connectivity index (χ1n) is 5.15. The van der Waals surface area contributed by atoms with Crippen molar-refractivity contribution in [3.8, 4) is 11.8 Å². The monoisotopic (exact) mass is 263 g/mol. The summed E-state index contributed by atoms with van der Waals surface area (Å²) in [4.78, 5) is 27.5. The number of aromatic carboxylic acids is 1. The van der Waals surface area contributed by atoms with E-state index in [1.165, 1.54) is 24.3 Å². The van der Waals surface area contributed by atoms with Crippen molar-refractivity contribution in [2.75, 3.05) is 0 Å². The molecule has 1 heterocycles. The SMILES string of the molecule is O=C(O)c1ccccc1C(=O)On1c(O)ccc1O. The van der Waals surface area contributed by atoms with Crippen molar-refractivity contribution in [2.45, 2.75) is 0 Å². The maximum Gasteiger partial charge on any atom is 0.364 e. The van der Waals surface area contributed by atoms with Crippen molar-refractivity contribution >= 4 is 11.9 Å². The first-order valence-corrected chi connectivity index (χ1v) is 5.15. The summed E-state index contributed by atoms with van der Waals surface area (Å²) in [6.45, 7) is 0. The highest BCUT2D eigenvalue weighted by Gasteiger charge is 2.20. The fraction of sp³-hybridized carbons (Fsp3) is 0. The number of aromatic hydroxyl groups is 2. The molecule has 0 aliphatic carbocycles. The van der Waals surface area contributed by atoms with Gasteiger partial charge in [-0.25, -0.2) is 9.59 Å². The number of aromatic nitrogens is 1. The lowest BCUT2D eigenvalue weighted by atomic mass is 10.1. The highest BCUT2D eigenvalue weighted by molar-refractivity contribution is 6.02. The molecule has 0 amide bonds. The van der Waals surface area contributed by atoms with Gasteiger partial charge in [-0.15, -0.1) is 4.73 Å². The fourth-order valence-electron chi connectivity index (χ4n) is 1.48. The van der Waals surface area contributed by atoms with Crippen LogP contribution in [0, 0.1) is 0 Å². The van der Waals surface area contributed by atoms with Crippen LogP contribution in [0.4, 0.5) is 0 Å². The van der Waals surface area contributed by atoms with Crippen LogP contribution in [0.15, 0.2) is 36.4 Å². The zero-order valence-corrected chi connectivity index (χ0v) is 9.48. The van der Waals surface area contributed by atoms with E-state index in [0.717, 1.165) is 12.1 Å². The first-order chi connectivity index (χ1) is 9.00. The van der Waals surface area contributed by atoms with E-state index in [-0.39, 0.29) is 11.1 Å². The van der Waals surface area contributed by atoms with Crippen molar-refractivity contribution < 1.29 is 29.7 Å². The summed E-state index contributed by atoms with van der Waals surface area (Å²) in [5, 5.41) is 27.6. The van der Waals surface area contributed by atoms with Crippen LogP contribution in [0.25, 0.3) is 0 Å². The molecule has 0 saturated heterocycles. The molecule has 0 saturated carbocycles. The molecule has 1 aromatic carbocycles. The Hall–Kier alpha value is -2.96. The van der Waals surface area contributed by atoms with Gasteiger partial charge in [0.25, 0.3) is 0 Å². The van der Waals surface area contributed by atoms with Crippen LogP contribution >= 0.6 is 0 Å². The van der Waals surface area contributed by atoms with Crippen LogP contribution in [0.3, 0.4) is 0 Å². The molecular weight excluding hydrogens is 254 g/mol. The Bertz CT molecular complexity index is 626. The Kier molecular flexibility index (Phi) is 3.11. The van der Waals surface area contributed by atoms with Crippen molar-refractivity contribution in [1.82, 2.24) is 4.73 Å². The number of nitrogens with zero attached hydrogens (tertiary/aromatic N) is 1. The summed E-state index contributed by atoms with van der Waals surface area (Å²) in [5.41, 5.74) is -0.430. The van der Waals surface area contributed by atoms with E-state index in [0.29, 0.717) is 4.73 Å². The largest absolute Gasteiger partial charge is 0.492 e. The Morgan fingerprint density at radius 2 is 1.47 bits per heavy atom. The lowest BCUT2D eigenvalue weighted by Crippen LogP contribution is -2.21. The molecule has 0 fully saturated rings. The summed E-state index contributed by atoms with van der Waals surface area (Å²) in [7, 11) is 0. The molecular formula is C12H9NO6. The number of carbonyl (C=O) groups is 2. The number of hydrogen-bond acceptors (Lipinski definition) is 5. The van der Waals surface area contributed by atoms with E-state index in [9.17, 15) is 19.8 Å². The van der Waals surface area contributed by atoms with Gasteiger partial charge in [0.1, 0.15) is 0 Å². The van der Waals surface area contributed by atoms with Crippen LogP contribution in [-0.2, 0) is 0 Å². The molecule has 0 spiro atoms. The van der Waals surface area contributed by atoms with Crippen LogP contribution in [0.1, 0.15) is 20.7 Å². The van der Waals surface area contributed by atoms with Gasteiger partial charge in [0.2, 0.25) is 11.8 Å². The minimum atomic E-state index is -1.28. The van der Waals surface area contributed by atoms with E-state index in [2.05, 4.69) is 0 Å². The molecule has 1 aromatic heterocycles. The lowest BCUT2D eigenvalue weighted by molar-refractivity contribution is 0.0376. The number of rotatable bonds is 3. The third-order valence-corrected chi connectivity index (χ3v) is 2.35. The van der Waals surface area contributed by atoms with Crippen LogP contribution in [-0.4, -0.2) is 32.0 Å². The second-order valence-electron chi connectivity index (χ2n) is 3.57. The van der Waals surface area contributed by atoms with Crippen LogP contribution < -0.4 is 4.84 Å². The maximum atomic E-state index is 11.8. The third-order valence-electron chi connectivity index (χ3n) is 2.35. The van der Waals surface area contributed by atoms with Gasteiger partial charge in [-0.2, -0.15) is 0 Å². The molecule has 0 aliphatic rings. The molecule has 19 heavy (non-hydrogen) atoms. The summed E-state index contributed by atoms with van der Waals surface area (Å²) in [6.07, 6.45) is 0. The summed E-state index contributed by atoms with van der Waals surface area (Å²) in [5.74, 6) is -3.27.